The molecule has 64 heavy (non-hydrogen) atoms. The first-order valence-corrected chi connectivity index (χ1v) is 21.7. The standard InChI is InChI=1S/C60H44N4/c1-41-35-47(39-61)58(63(49-21-11-5-12-22-49)51-31-27-45(28-32-51)43-17-7-3-8-18-43)37-55(41)60-54-26-16-15-25-53(54)42(2)56-36-48(40-62)59(38-57(56)60)64(50-23-13-6-14-24-50)52-33-29-46(30-34-52)44-19-9-4-10-20-44/h3-38,42,60H,1-2H3. The first-order valence-electron chi connectivity index (χ1n) is 21.7. The fourth-order valence-corrected chi connectivity index (χ4v) is 9.53. The highest BCUT2D eigenvalue weighted by Gasteiger charge is 2.35. The highest BCUT2D eigenvalue weighted by atomic mass is 15.1. The second-order valence-corrected chi connectivity index (χ2v) is 16.4. The molecule has 0 saturated carbocycles. The van der Waals surface area contributed by atoms with Crippen LogP contribution < -0.4 is 9.80 Å². The molecule has 0 saturated heterocycles. The Balaban J connectivity index is 1.17. The van der Waals surface area contributed by atoms with E-state index in [1.807, 2.05) is 54.6 Å². The van der Waals surface area contributed by atoms with Crippen molar-refractivity contribution >= 4 is 34.1 Å². The average Bonchev–Trinajstić information content (AvgIpc) is 3.36. The molecule has 10 rings (SSSR count). The van der Waals surface area contributed by atoms with E-state index in [9.17, 15) is 10.5 Å². The van der Waals surface area contributed by atoms with Crippen molar-refractivity contribution in [2.24, 2.45) is 0 Å². The molecule has 4 heteroatoms. The number of anilines is 6. The summed E-state index contributed by atoms with van der Waals surface area (Å²) < 4.78 is 0. The monoisotopic (exact) mass is 820 g/mol. The minimum atomic E-state index is -0.198. The quantitative estimate of drug-likeness (QED) is 0.146. The normalized spacial score (nSPS) is 13.8. The highest BCUT2D eigenvalue weighted by Crippen LogP contribution is 2.51. The number of nitrogens with zero attached hydrogens (tertiary/aromatic N) is 4. The lowest BCUT2D eigenvalue weighted by Gasteiger charge is -2.36. The maximum atomic E-state index is 11.0. The van der Waals surface area contributed by atoms with Crippen molar-refractivity contribution in [3.05, 3.63) is 263 Å². The van der Waals surface area contributed by atoms with Gasteiger partial charge in [0, 0.05) is 34.6 Å². The van der Waals surface area contributed by atoms with Crippen LogP contribution in [0.3, 0.4) is 0 Å². The molecule has 0 aromatic heterocycles. The van der Waals surface area contributed by atoms with E-state index in [1.165, 1.54) is 11.1 Å². The molecular formula is C60H44N4. The number of fused-ring (bicyclic) bond motifs is 2. The van der Waals surface area contributed by atoms with Gasteiger partial charge in [-0.25, -0.2) is 0 Å². The first-order chi connectivity index (χ1) is 31.5. The third kappa shape index (κ3) is 7.28. The van der Waals surface area contributed by atoms with Crippen molar-refractivity contribution in [3.63, 3.8) is 0 Å². The lowest BCUT2D eigenvalue weighted by Crippen LogP contribution is -2.21. The topological polar surface area (TPSA) is 54.1 Å². The Morgan fingerprint density at radius 3 is 1.20 bits per heavy atom. The van der Waals surface area contributed by atoms with Crippen molar-refractivity contribution in [1.29, 1.82) is 10.5 Å². The number of hydrogen-bond donors (Lipinski definition) is 0. The SMILES string of the molecule is Cc1cc(C#N)c(N(c2ccccc2)c2ccc(-c3ccccc3)cc2)cc1C1c2ccccc2C(C)c2cc(C#N)c(N(c3ccccc3)c3ccc(-c4ccccc4)cc3)cc21. The molecule has 1 aliphatic rings. The van der Waals surface area contributed by atoms with Crippen LogP contribution >= 0.6 is 0 Å². The van der Waals surface area contributed by atoms with Crippen LogP contribution in [0.2, 0.25) is 0 Å². The summed E-state index contributed by atoms with van der Waals surface area (Å²) in [5, 5.41) is 21.9. The fourth-order valence-electron chi connectivity index (χ4n) is 9.53. The predicted octanol–water partition coefficient (Wildman–Crippen LogP) is 15.7. The summed E-state index contributed by atoms with van der Waals surface area (Å²) in [6.07, 6.45) is 0. The van der Waals surface area contributed by atoms with Crippen molar-refractivity contribution < 1.29 is 0 Å². The molecule has 0 aliphatic heterocycles. The van der Waals surface area contributed by atoms with Crippen molar-refractivity contribution in [2.45, 2.75) is 25.7 Å². The number of nitriles is 2. The Labute approximate surface area is 375 Å². The molecule has 0 radical (unpaired) electrons. The summed E-state index contributed by atoms with van der Waals surface area (Å²) in [5.74, 6) is -0.155. The minimum Gasteiger partial charge on any atom is -0.309 e. The molecule has 304 valence electrons. The Morgan fingerprint density at radius 1 is 0.359 bits per heavy atom. The molecule has 0 N–H and O–H groups in total. The third-order valence-corrected chi connectivity index (χ3v) is 12.7. The van der Waals surface area contributed by atoms with Gasteiger partial charge in [0.15, 0.2) is 0 Å². The second kappa shape index (κ2) is 17.1. The summed E-state index contributed by atoms with van der Waals surface area (Å²) in [5.41, 5.74) is 18.0. The summed E-state index contributed by atoms with van der Waals surface area (Å²) in [7, 11) is 0. The van der Waals surface area contributed by atoms with Gasteiger partial charge in [-0.3, -0.25) is 0 Å². The Hall–Kier alpha value is -8.44. The number of para-hydroxylation sites is 2. The number of aryl methyl sites for hydroxylation is 1. The third-order valence-electron chi connectivity index (χ3n) is 12.7. The molecule has 0 heterocycles. The van der Waals surface area contributed by atoms with Crippen LogP contribution in [0, 0.1) is 29.6 Å². The van der Waals surface area contributed by atoms with Crippen molar-refractivity contribution in [2.75, 3.05) is 9.80 Å². The molecule has 2 unspecified atom stereocenters. The van der Waals surface area contributed by atoms with E-state index in [4.69, 9.17) is 0 Å². The van der Waals surface area contributed by atoms with Crippen molar-refractivity contribution in [3.8, 4) is 34.4 Å². The Kier molecular flexibility index (Phi) is 10.6. The molecular weight excluding hydrogens is 777 g/mol. The molecule has 9 aromatic rings. The summed E-state index contributed by atoms with van der Waals surface area (Å²) >= 11 is 0. The number of benzene rings is 9. The van der Waals surface area contributed by atoms with Crippen molar-refractivity contribution in [1.82, 2.24) is 0 Å². The zero-order valence-corrected chi connectivity index (χ0v) is 35.7. The molecule has 0 spiro atoms. The van der Waals surface area contributed by atoms with Crippen LogP contribution in [0.15, 0.2) is 218 Å². The number of hydrogen-bond acceptors (Lipinski definition) is 4. The van der Waals surface area contributed by atoms with Gasteiger partial charge >= 0.3 is 0 Å². The van der Waals surface area contributed by atoms with E-state index in [0.717, 1.165) is 78.6 Å². The summed E-state index contributed by atoms with van der Waals surface area (Å²) in [4.78, 5) is 4.41. The lowest BCUT2D eigenvalue weighted by atomic mass is 9.69. The average molecular weight is 821 g/mol. The molecule has 4 nitrogen and oxygen atoms in total. The maximum absolute atomic E-state index is 11.0. The van der Waals surface area contributed by atoms with Gasteiger partial charge in [-0.05, 0) is 135 Å². The zero-order valence-electron chi connectivity index (χ0n) is 35.7. The van der Waals surface area contributed by atoms with Gasteiger partial charge in [0.2, 0.25) is 0 Å². The molecule has 0 fully saturated rings. The zero-order chi connectivity index (χ0) is 43.6. The maximum Gasteiger partial charge on any atom is 0.101 e. The van der Waals surface area contributed by atoms with E-state index in [1.54, 1.807) is 0 Å². The highest BCUT2D eigenvalue weighted by molar-refractivity contribution is 5.85. The second-order valence-electron chi connectivity index (χ2n) is 16.4. The van der Waals surface area contributed by atoms with Crippen LogP contribution in [0.1, 0.15) is 63.3 Å². The minimum absolute atomic E-state index is 0.0426. The first kappa shape index (κ1) is 39.7. The van der Waals surface area contributed by atoms with E-state index in [2.05, 4.69) is 200 Å². The van der Waals surface area contributed by atoms with E-state index >= 15 is 0 Å². The van der Waals surface area contributed by atoms with Gasteiger partial charge in [-0.1, -0.05) is 153 Å². The summed E-state index contributed by atoms with van der Waals surface area (Å²) in [6, 6.07) is 81.2. The fraction of sp³-hybridized carbons (Fsp3) is 0.0667. The smallest absolute Gasteiger partial charge is 0.101 e. The van der Waals surface area contributed by atoms with Gasteiger partial charge in [0.05, 0.1) is 22.5 Å². The van der Waals surface area contributed by atoms with Crippen LogP contribution in [-0.2, 0) is 0 Å². The lowest BCUT2D eigenvalue weighted by molar-refractivity contribution is 0.790. The van der Waals surface area contributed by atoms with E-state index < -0.39 is 0 Å². The molecule has 2 atom stereocenters. The molecule has 0 bridgehead atoms. The molecule has 0 amide bonds. The number of rotatable bonds is 9. The summed E-state index contributed by atoms with van der Waals surface area (Å²) in [6.45, 7) is 4.37. The van der Waals surface area contributed by atoms with Gasteiger partial charge in [-0.15, -0.1) is 0 Å². The van der Waals surface area contributed by atoms with Crippen LogP contribution in [0.4, 0.5) is 34.1 Å². The largest absolute Gasteiger partial charge is 0.309 e. The van der Waals surface area contributed by atoms with Gasteiger partial charge in [0.1, 0.15) is 12.1 Å². The molecule has 1 aliphatic carbocycles. The molecule has 9 aromatic carbocycles. The Bertz CT molecular complexity index is 3190. The predicted molar refractivity (Wildman–Crippen MR) is 262 cm³/mol. The van der Waals surface area contributed by atoms with Gasteiger partial charge in [0.25, 0.3) is 0 Å². The van der Waals surface area contributed by atoms with Gasteiger partial charge in [-0.2, -0.15) is 10.5 Å². The Morgan fingerprint density at radius 2 is 0.734 bits per heavy atom. The van der Waals surface area contributed by atoms with Gasteiger partial charge < -0.3 is 9.80 Å². The van der Waals surface area contributed by atoms with E-state index in [0.29, 0.717) is 11.1 Å². The van der Waals surface area contributed by atoms with Crippen LogP contribution in [0.25, 0.3) is 22.3 Å². The van der Waals surface area contributed by atoms with Crippen LogP contribution in [-0.4, -0.2) is 0 Å². The van der Waals surface area contributed by atoms with Crippen LogP contribution in [0.5, 0.6) is 0 Å². The van der Waals surface area contributed by atoms with E-state index in [-0.39, 0.29) is 11.8 Å².